The highest BCUT2D eigenvalue weighted by Crippen LogP contribution is 2.15. The van der Waals surface area contributed by atoms with Gasteiger partial charge in [-0.25, -0.2) is 0 Å². The molecule has 2 aromatic rings. The van der Waals surface area contributed by atoms with E-state index >= 15 is 0 Å². The highest BCUT2D eigenvalue weighted by atomic mass is 16.1. The van der Waals surface area contributed by atoms with Gasteiger partial charge < -0.3 is 4.98 Å². The van der Waals surface area contributed by atoms with Gasteiger partial charge >= 0.3 is 0 Å². The molecule has 2 rings (SSSR count). The summed E-state index contributed by atoms with van der Waals surface area (Å²) in [4.78, 5) is 13.1. The van der Waals surface area contributed by atoms with E-state index in [1.807, 2.05) is 24.3 Å². The van der Waals surface area contributed by atoms with Crippen LogP contribution in [0, 0.1) is 11.8 Å². The predicted molar refractivity (Wildman–Crippen MR) is 51.2 cm³/mol. The number of para-hydroxylation sites is 1. The van der Waals surface area contributed by atoms with Gasteiger partial charge in [0.15, 0.2) is 6.29 Å². The fourth-order valence-electron chi connectivity index (χ4n) is 1.28. The van der Waals surface area contributed by atoms with Gasteiger partial charge in [0, 0.05) is 17.1 Å². The Morgan fingerprint density at radius 3 is 3.00 bits per heavy atom. The lowest BCUT2D eigenvalue weighted by molar-refractivity contribution is -0.103. The van der Waals surface area contributed by atoms with Crippen LogP contribution in [0.1, 0.15) is 5.56 Å². The molecule has 0 aliphatic heterocycles. The third-order valence-electron chi connectivity index (χ3n) is 1.86. The van der Waals surface area contributed by atoms with E-state index < -0.39 is 0 Å². The topological polar surface area (TPSA) is 32.9 Å². The summed E-state index contributed by atoms with van der Waals surface area (Å²) in [5.41, 5.74) is 1.90. The number of nitrogens with one attached hydrogen (secondary N) is 1. The number of carbonyl (C=O) groups is 1. The molecule has 1 heterocycles. The maximum Gasteiger partial charge on any atom is 0.193 e. The van der Waals surface area contributed by atoms with Crippen LogP contribution in [0.2, 0.25) is 0 Å². The lowest BCUT2D eigenvalue weighted by atomic mass is 10.2. The largest absolute Gasteiger partial charge is 0.360 e. The van der Waals surface area contributed by atoms with Crippen molar-refractivity contribution in [2.75, 3.05) is 0 Å². The van der Waals surface area contributed by atoms with Crippen molar-refractivity contribution in [3.63, 3.8) is 0 Å². The number of aromatic amines is 1. The first-order valence-corrected chi connectivity index (χ1v) is 3.93. The van der Waals surface area contributed by atoms with Crippen molar-refractivity contribution in [3.05, 3.63) is 36.0 Å². The minimum Gasteiger partial charge on any atom is -0.360 e. The van der Waals surface area contributed by atoms with Crippen molar-refractivity contribution < 1.29 is 4.79 Å². The molecule has 62 valence electrons. The van der Waals surface area contributed by atoms with Crippen LogP contribution in [-0.2, 0) is 4.79 Å². The van der Waals surface area contributed by atoms with Gasteiger partial charge in [0.2, 0.25) is 0 Å². The monoisotopic (exact) mass is 169 g/mol. The molecule has 2 heteroatoms. The minimum atomic E-state index is 0.599. The summed E-state index contributed by atoms with van der Waals surface area (Å²) >= 11 is 0. The Morgan fingerprint density at radius 1 is 1.31 bits per heavy atom. The van der Waals surface area contributed by atoms with Gasteiger partial charge in [-0.15, -0.1) is 0 Å². The average molecular weight is 169 g/mol. The first-order chi connectivity index (χ1) is 6.42. The molecule has 0 amide bonds. The summed E-state index contributed by atoms with van der Waals surface area (Å²) in [5.74, 6) is 5.16. The van der Waals surface area contributed by atoms with E-state index in [1.165, 1.54) is 0 Å². The van der Waals surface area contributed by atoms with Crippen LogP contribution in [0.25, 0.3) is 10.9 Å². The van der Waals surface area contributed by atoms with Crippen LogP contribution in [0.15, 0.2) is 30.5 Å². The highest BCUT2D eigenvalue weighted by Gasteiger charge is 1.97. The fourth-order valence-corrected chi connectivity index (χ4v) is 1.28. The van der Waals surface area contributed by atoms with E-state index in [0.717, 1.165) is 16.5 Å². The maximum atomic E-state index is 10.1. The molecule has 1 aromatic heterocycles. The molecule has 0 aliphatic carbocycles. The zero-order valence-electron chi connectivity index (χ0n) is 6.87. The van der Waals surface area contributed by atoms with Crippen molar-refractivity contribution in [2.45, 2.75) is 0 Å². The first-order valence-electron chi connectivity index (χ1n) is 3.93. The standard InChI is InChI=1S/C11H7NO/c13-7-3-4-9-8-12-11-6-2-1-5-10(9)11/h1-2,5-8,12H. The van der Waals surface area contributed by atoms with Crippen molar-refractivity contribution in [2.24, 2.45) is 0 Å². The van der Waals surface area contributed by atoms with Crippen LogP contribution in [0.4, 0.5) is 0 Å². The van der Waals surface area contributed by atoms with Gasteiger partial charge in [-0.1, -0.05) is 24.1 Å². The quantitative estimate of drug-likeness (QED) is 0.472. The molecule has 1 N–H and O–H groups in total. The zero-order chi connectivity index (χ0) is 9.10. The number of hydrogen-bond acceptors (Lipinski definition) is 1. The molecule has 0 bridgehead atoms. The van der Waals surface area contributed by atoms with E-state index in [1.54, 1.807) is 6.20 Å². The van der Waals surface area contributed by atoms with Crippen molar-refractivity contribution in [1.82, 2.24) is 4.98 Å². The van der Waals surface area contributed by atoms with E-state index in [-0.39, 0.29) is 0 Å². The average Bonchev–Trinajstić information content (AvgIpc) is 2.58. The van der Waals surface area contributed by atoms with Crippen LogP contribution < -0.4 is 0 Å². The predicted octanol–water partition coefficient (Wildman–Crippen LogP) is 1.72. The summed E-state index contributed by atoms with van der Waals surface area (Å²) in [6.07, 6.45) is 2.41. The molecular weight excluding hydrogens is 162 g/mol. The highest BCUT2D eigenvalue weighted by molar-refractivity contribution is 5.87. The number of aromatic nitrogens is 1. The number of fused-ring (bicyclic) bond motifs is 1. The molecule has 0 saturated carbocycles. The molecule has 0 radical (unpaired) electrons. The Labute approximate surface area is 75.6 Å². The second-order valence-electron chi connectivity index (χ2n) is 2.64. The summed E-state index contributed by atoms with van der Waals surface area (Å²) in [7, 11) is 0. The maximum absolute atomic E-state index is 10.1. The Balaban J connectivity index is 2.64. The number of rotatable bonds is 0. The van der Waals surface area contributed by atoms with Gasteiger partial charge in [0.25, 0.3) is 0 Å². The molecule has 0 aliphatic rings. The van der Waals surface area contributed by atoms with Gasteiger partial charge in [0.05, 0.1) is 5.56 Å². The summed E-state index contributed by atoms with van der Waals surface area (Å²) in [5, 5.41) is 1.05. The van der Waals surface area contributed by atoms with Crippen molar-refractivity contribution in [1.29, 1.82) is 0 Å². The minimum absolute atomic E-state index is 0.599. The lowest BCUT2D eigenvalue weighted by Gasteiger charge is -1.86. The molecule has 13 heavy (non-hydrogen) atoms. The van der Waals surface area contributed by atoms with Gasteiger partial charge in [0.1, 0.15) is 0 Å². The molecule has 0 fully saturated rings. The normalized spacial score (nSPS) is 9.23. The number of hydrogen-bond donors (Lipinski definition) is 1. The van der Waals surface area contributed by atoms with Crippen LogP contribution >= 0.6 is 0 Å². The van der Waals surface area contributed by atoms with Gasteiger partial charge in [-0.3, -0.25) is 4.79 Å². The molecule has 0 atom stereocenters. The Hall–Kier alpha value is -2.01. The van der Waals surface area contributed by atoms with Crippen molar-refractivity contribution >= 4 is 17.2 Å². The summed E-state index contributed by atoms with van der Waals surface area (Å²) in [6.45, 7) is 0. The third-order valence-corrected chi connectivity index (χ3v) is 1.86. The van der Waals surface area contributed by atoms with Gasteiger partial charge in [-0.2, -0.15) is 0 Å². The number of carbonyl (C=O) groups excluding carboxylic acids is 1. The SMILES string of the molecule is O=CC#Cc1c[nH]c2ccccc12. The number of H-pyrrole nitrogens is 1. The number of aldehydes is 1. The van der Waals surface area contributed by atoms with Gasteiger partial charge in [-0.05, 0) is 12.0 Å². The number of benzene rings is 1. The van der Waals surface area contributed by atoms with E-state index in [9.17, 15) is 4.79 Å². The molecule has 1 aromatic carbocycles. The Morgan fingerprint density at radius 2 is 2.15 bits per heavy atom. The fraction of sp³-hybridized carbons (Fsp3) is 0. The van der Waals surface area contributed by atoms with Crippen molar-refractivity contribution in [3.8, 4) is 11.8 Å². The van der Waals surface area contributed by atoms with E-state index in [2.05, 4.69) is 16.8 Å². The Bertz CT molecular complexity index is 499. The molecule has 0 saturated heterocycles. The lowest BCUT2D eigenvalue weighted by Crippen LogP contribution is -1.69. The van der Waals surface area contributed by atoms with Crippen LogP contribution in [0.3, 0.4) is 0 Å². The zero-order valence-corrected chi connectivity index (χ0v) is 6.87. The van der Waals surface area contributed by atoms with E-state index in [4.69, 9.17) is 0 Å². The second kappa shape index (κ2) is 3.16. The van der Waals surface area contributed by atoms with Crippen LogP contribution in [-0.4, -0.2) is 11.3 Å². The second-order valence-corrected chi connectivity index (χ2v) is 2.64. The summed E-state index contributed by atoms with van der Waals surface area (Å²) < 4.78 is 0. The molecular formula is C11H7NO. The van der Waals surface area contributed by atoms with Crippen LogP contribution in [0.5, 0.6) is 0 Å². The molecule has 0 unspecified atom stereocenters. The summed E-state index contributed by atoms with van der Waals surface area (Å²) in [6, 6.07) is 7.85. The first kappa shape index (κ1) is 7.63. The molecule has 0 spiro atoms. The molecule has 2 nitrogen and oxygen atoms in total. The smallest absolute Gasteiger partial charge is 0.193 e. The third kappa shape index (κ3) is 1.32. The van der Waals surface area contributed by atoms with E-state index in [0.29, 0.717) is 6.29 Å². The Kier molecular flexibility index (Phi) is 1.85.